The molecule has 8 nitrogen and oxygen atoms in total. The lowest BCUT2D eigenvalue weighted by Crippen LogP contribution is -2.52. The molecule has 2 atom stereocenters. The number of nitrogens with one attached hydrogen (secondary N) is 1. The summed E-state index contributed by atoms with van der Waals surface area (Å²) in [6.07, 6.45) is 1.68. The van der Waals surface area contributed by atoms with Gasteiger partial charge in [-0.15, -0.1) is 0 Å². The van der Waals surface area contributed by atoms with Gasteiger partial charge in [0.05, 0.1) is 12.7 Å². The van der Waals surface area contributed by atoms with Crippen molar-refractivity contribution < 1.29 is 19.1 Å². The Morgan fingerprint density at radius 3 is 2.89 bits per heavy atom. The van der Waals surface area contributed by atoms with Gasteiger partial charge in [-0.1, -0.05) is 12.1 Å². The third-order valence-corrected chi connectivity index (χ3v) is 5.71. The van der Waals surface area contributed by atoms with Crippen molar-refractivity contribution in [3.63, 3.8) is 0 Å². The van der Waals surface area contributed by atoms with Crippen LogP contribution in [0.5, 0.6) is 0 Å². The van der Waals surface area contributed by atoms with Gasteiger partial charge in [0.25, 0.3) is 5.91 Å². The van der Waals surface area contributed by atoms with E-state index in [0.717, 1.165) is 37.2 Å². The second-order valence-corrected chi connectivity index (χ2v) is 7.70. The lowest BCUT2D eigenvalue weighted by Gasteiger charge is -2.32. The fourth-order valence-corrected chi connectivity index (χ4v) is 4.27. The number of hydrogen-bond donors (Lipinski definition) is 2. The van der Waals surface area contributed by atoms with Crippen molar-refractivity contribution in [2.45, 2.75) is 44.5 Å². The van der Waals surface area contributed by atoms with E-state index in [1.807, 2.05) is 12.1 Å². The summed E-state index contributed by atoms with van der Waals surface area (Å²) in [5.41, 5.74) is 8.38. The Labute approximate surface area is 164 Å². The number of piperidine rings is 1. The van der Waals surface area contributed by atoms with Crippen molar-refractivity contribution in [3.8, 4) is 0 Å². The second kappa shape index (κ2) is 7.98. The number of morpholine rings is 1. The van der Waals surface area contributed by atoms with Crippen LogP contribution in [0.2, 0.25) is 0 Å². The van der Waals surface area contributed by atoms with Crippen molar-refractivity contribution in [2.24, 2.45) is 5.73 Å². The molecule has 8 heteroatoms. The first-order chi connectivity index (χ1) is 13.5. The van der Waals surface area contributed by atoms with E-state index in [1.165, 1.54) is 0 Å². The summed E-state index contributed by atoms with van der Waals surface area (Å²) in [7, 11) is 0. The van der Waals surface area contributed by atoms with E-state index in [-0.39, 0.29) is 30.2 Å². The zero-order valence-electron chi connectivity index (χ0n) is 15.9. The molecule has 1 aromatic carbocycles. The van der Waals surface area contributed by atoms with Crippen LogP contribution in [0.25, 0.3) is 0 Å². The number of carbonyl (C=O) groups excluding carboxylic acids is 3. The number of rotatable bonds is 5. The van der Waals surface area contributed by atoms with Gasteiger partial charge in [-0.2, -0.15) is 0 Å². The molecule has 0 spiro atoms. The summed E-state index contributed by atoms with van der Waals surface area (Å²) in [5, 5.41) is 2.33. The van der Waals surface area contributed by atoms with Crippen LogP contribution in [-0.4, -0.2) is 65.9 Å². The lowest BCUT2D eigenvalue weighted by atomic mass is 10.0. The molecular formula is C20H26N4O4. The molecule has 150 valence electrons. The van der Waals surface area contributed by atoms with Crippen molar-refractivity contribution in [1.82, 2.24) is 15.1 Å². The fourth-order valence-electron chi connectivity index (χ4n) is 4.27. The highest BCUT2D eigenvalue weighted by molar-refractivity contribution is 6.05. The standard InChI is InChI=1S/C20H26N4O4/c21-6-5-15-12-23(7-8-28-15)10-13-1-2-16-14(9-13)11-24(20(16)27)17-3-4-18(25)22-19(17)26/h1-2,9,15,17H,3-8,10-12,21H2,(H,22,25,26). The van der Waals surface area contributed by atoms with Crippen LogP contribution in [0.4, 0.5) is 0 Å². The summed E-state index contributed by atoms with van der Waals surface area (Å²) in [4.78, 5) is 40.2. The monoisotopic (exact) mass is 386 g/mol. The Morgan fingerprint density at radius 1 is 1.25 bits per heavy atom. The molecule has 2 fully saturated rings. The zero-order valence-corrected chi connectivity index (χ0v) is 15.9. The topological polar surface area (TPSA) is 105 Å². The smallest absolute Gasteiger partial charge is 0.255 e. The number of hydrogen-bond acceptors (Lipinski definition) is 6. The summed E-state index contributed by atoms with van der Waals surface area (Å²) >= 11 is 0. The van der Waals surface area contributed by atoms with Crippen molar-refractivity contribution in [3.05, 3.63) is 34.9 Å². The molecule has 4 rings (SSSR count). The number of nitrogens with zero attached hydrogens (tertiary/aromatic N) is 2. The SMILES string of the molecule is NCCC1CN(Cc2ccc3c(c2)CN(C2CCC(=O)NC2=O)C3=O)CCO1. The van der Waals surface area contributed by atoms with Crippen molar-refractivity contribution in [1.29, 1.82) is 0 Å². The normalized spacial score (nSPS) is 25.8. The average molecular weight is 386 g/mol. The zero-order chi connectivity index (χ0) is 19.7. The molecule has 0 aromatic heterocycles. The van der Waals surface area contributed by atoms with Crippen LogP contribution in [-0.2, 0) is 27.4 Å². The molecule has 1 aromatic rings. The van der Waals surface area contributed by atoms with Gasteiger partial charge in [-0.3, -0.25) is 24.6 Å². The Kier molecular flexibility index (Phi) is 5.43. The predicted molar refractivity (Wildman–Crippen MR) is 101 cm³/mol. The van der Waals surface area contributed by atoms with Crippen LogP contribution in [0.3, 0.4) is 0 Å². The maximum absolute atomic E-state index is 12.8. The van der Waals surface area contributed by atoms with Crippen LogP contribution in [0, 0.1) is 0 Å². The van der Waals surface area contributed by atoms with Crippen molar-refractivity contribution >= 4 is 17.7 Å². The Morgan fingerprint density at radius 2 is 2.11 bits per heavy atom. The molecule has 3 heterocycles. The first-order valence-corrected chi connectivity index (χ1v) is 9.85. The van der Waals surface area contributed by atoms with Gasteiger partial charge in [0, 0.05) is 38.2 Å². The molecule has 2 saturated heterocycles. The van der Waals surface area contributed by atoms with Crippen LogP contribution in [0.1, 0.15) is 40.7 Å². The summed E-state index contributed by atoms with van der Waals surface area (Å²) < 4.78 is 5.74. The number of imide groups is 1. The third-order valence-electron chi connectivity index (χ3n) is 5.71. The first kappa shape index (κ1) is 19.0. The molecule has 3 amide bonds. The van der Waals surface area contributed by atoms with E-state index >= 15 is 0 Å². The molecular weight excluding hydrogens is 360 g/mol. The summed E-state index contributed by atoms with van der Waals surface area (Å²) in [6, 6.07) is 5.33. The van der Waals surface area contributed by atoms with Gasteiger partial charge >= 0.3 is 0 Å². The van der Waals surface area contributed by atoms with Crippen LogP contribution in [0.15, 0.2) is 18.2 Å². The molecule has 0 aliphatic carbocycles. The summed E-state index contributed by atoms with van der Waals surface area (Å²) in [5.74, 6) is -0.784. The minimum atomic E-state index is -0.572. The molecule has 3 N–H and O–H groups in total. The molecule has 2 unspecified atom stereocenters. The van der Waals surface area contributed by atoms with E-state index < -0.39 is 6.04 Å². The first-order valence-electron chi connectivity index (χ1n) is 9.85. The largest absolute Gasteiger partial charge is 0.376 e. The van der Waals surface area contributed by atoms with Gasteiger partial charge in [-0.05, 0) is 36.6 Å². The van der Waals surface area contributed by atoms with E-state index in [1.54, 1.807) is 4.90 Å². The van der Waals surface area contributed by atoms with Gasteiger partial charge in [0.2, 0.25) is 11.8 Å². The summed E-state index contributed by atoms with van der Waals surface area (Å²) in [6.45, 7) is 4.26. The highest BCUT2D eigenvalue weighted by Crippen LogP contribution is 2.28. The molecule has 0 bridgehead atoms. The van der Waals surface area contributed by atoms with Gasteiger partial charge < -0.3 is 15.4 Å². The van der Waals surface area contributed by atoms with Gasteiger partial charge in [0.1, 0.15) is 6.04 Å². The fraction of sp³-hybridized carbons (Fsp3) is 0.550. The number of benzene rings is 1. The maximum atomic E-state index is 12.8. The quantitative estimate of drug-likeness (QED) is 0.690. The highest BCUT2D eigenvalue weighted by Gasteiger charge is 2.39. The Hall–Kier alpha value is -2.29. The molecule has 3 aliphatic rings. The van der Waals surface area contributed by atoms with Crippen LogP contribution >= 0.6 is 0 Å². The van der Waals surface area contributed by atoms with E-state index in [0.29, 0.717) is 31.7 Å². The molecule has 0 saturated carbocycles. The minimum Gasteiger partial charge on any atom is -0.376 e. The van der Waals surface area contributed by atoms with Crippen LogP contribution < -0.4 is 11.1 Å². The Balaban J connectivity index is 1.44. The number of nitrogens with two attached hydrogens (primary N) is 1. The molecule has 3 aliphatic heterocycles. The van der Waals surface area contributed by atoms with E-state index in [4.69, 9.17) is 10.5 Å². The average Bonchev–Trinajstić information content (AvgIpc) is 2.98. The lowest BCUT2D eigenvalue weighted by molar-refractivity contribution is -0.136. The number of carbonyl (C=O) groups is 3. The van der Waals surface area contributed by atoms with E-state index in [9.17, 15) is 14.4 Å². The number of ether oxygens (including phenoxy) is 1. The van der Waals surface area contributed by atoms with Gasteiger partial charge in [0.15, 0.2) is 0 Å². The highest BCUT2D eigenvalue weighted by atomic mass is 16.5. The van der Waals surface area contributed by atoms with Gasteiger partial charge in [-0.25, -0.2) is 0 Å². The second-order valence-electron chi connectivity index (χ2n) is 7.70. The Bertz CT molecular complexity index is 794. The maximum Gasteiger partial charge on any atom is 0.255 e. The number of fused-ring (bicyclic) bond motifs is 1. The third kappa shape index (κ3) is 3.80. The minimum absolute atomic E-state index is 0.134. The predicted octanol–water partition coefficient (Wildman–Crippen LogP) is -0.00280. The number of amides is 3. The molecule has 28 heavy (non-hydrogen) atoms. The van der Waals surface area contributed by atoms with E-state index in [2.05, 4.69) is 16.3 Å². The molecule has 0 radical (unpaired) electrons. The van der Waals surface area contributed by atoms with Crippen molar-refractivity contribution in [2.75, 3.05) is 26.2 Å².